The van der Waals surface area contributed by atoms with E-state index in [9.17, 15) is 14.4 Å². The van der Waals surface area contributed by atoms with Crippen LogP contribution in [-0.4, -0.2) is 55.9 Å². The van der Waals surface area contributed by atoms with E-state index in [2.05, 4.69) is 15.5 Å². The van der Waals surface area contributed by atoms with Crippen LogP contribution in [0.2, 0.25) is 0 Å². The monoisotopic (exact) mass is 396 g/mol. The van der Waals surface area contributed by atoms with Gasteiger partial charge in [0.1, 0.15) is 5.75 Å². The molecule has 1 fully saturated rings. The number of methoxy groups -OCH3 is 1. The molecule has 29 heavy (non-hydrogen) atoms. The third kappa shape index (κ3) is 5.25. The summed E-state index contributed by atoms with van der Waals surface area (Å²) < 4.78 is 5.17. The molecule has 0 aromatic heterocycles. The molecule has 0 aliphatic carbocycles. The Kier molecular flexibility index (Phi) is 6.33. The SMILES string of the molecule is COc1ccc(N2CCN(C(=O)C(=O)Nc3ccc(NC(C)=O)cc3)CC2)cc1. The second-order valence-corrected chi connectivity index (χ2v) is 6.69. The predicted octanol–water partition coefficient (Wildman–Crippen LogP) is 1.94. The molecule has 3 amide bonds. The van der Waals surface area contributed by atoms with E-state index in [1.165, 1.54) is 6.92 Å². The summed E-state index contributed by atoms with van der Waals surface area (Å²) in [6.07, 6.45) is 0. The Bertz CT molecular complexity index is 873. The average Bonchev–Trinajstić information content (AvgIpc) is 2.74. The van der Waals surface area contributed by atoms with Crippen LogP contribution in [0.3, 0.4) is 0 Å². The van der Waals surface area contributed by atoms with Crippen molar-refractivity contribution in [1.82, 2.24) is 4.90 Å². The van der Waals surface area contributed by atoms with E-state index in [1.54, 1.807) is 36.3 Å². The Hall–Kier alpha value is -3.55. The van der Waals surface area contributed by atoms with E-state index in [-0.39, 0.29) is 5.91 Å². The first-order chi connectivity index (χ1) is 14.0. The highest BCUT2D eigenvalue weighted by atomic mass is 16.5. The molecule has 0 atom stereocenters. The first kappa shape index (κ1) is 20.2. The minimum absolute atomic E-state index is 0.175. The van der Waals surface area contributed by atoms with Crippen LogP contribution in [0.15, 0.2) is 48.5 Å². The van der Waals surface area contributed by atoms with Crippen LogP contribution < -0.4 is 20.3 Å². The van der Waals surface area contributed by atoms with Crippen molar-refractivity contribution in [2.75, 3.05) is 48.8 Å². The summed E-state index contributed by atoms with van der Waals surface area (Å²) in [4.78, 5) is 39.5. The zero-order chi connectivity index (χ0) is 20.8. The van der Waals surface area contributed by atoms with Crippen molar-refractivity contribution < 1.29 is 19.1 Å². The minimum atomic E-state index is -0.671. The van der Waals surface area contributed by atoms with Gasteiger partial charge in [-0.05, 0) is 48.5 Å². The zero-order valence-corrected chi connectivity index (χ0v) is 16.5. The van der Waals surface area contributed by atoms with Gasteiger partial charge in [-0.15, -0.1) is 0 Å². The maximum absolute atomic E-state index is 12.5. The summed E-state index contributed by atoms with van der Waals surface area (Å²) in [5.74, 6) is -0.601. The fourth-order valence-corrected chi connectivity index (χ4v) is 3.13. The summed E-state index contributed by atoms with van der Waals surface area (Å²) in [5.41, 5.74) is 2.17. The smallest absolute Gasteiger partial charge is 0.313 e. The lowest BCUT2D eigenvalue weighted by Gasteiger charge is -2.35. The van der Waals surface area contributed by atoms with Crippen molar-refractivity contribution in [3.8, 4) is 5.75 Å². The molecule has 152 valence electrons. The van der Waals surface area contributed by atoms with Gasteiger partial charge in [0.05, 0.1) is 7.11 Å². The number of hydrogen-bond donors (Lipinski definition) is 2. The number of nitrogens with zero attached hydrogens (tertiary/aromatic N) is 2. The van der Waals surface area contributed by atoms with Crippen LogP contribution in [0.4, 0.5) is 17.1 Å². The van der Waals surface area contributed by atoms with Gasteiger partial charge in [0.25, 0.3) is 0 Å². The maximum Gasteiger partial charge on any atom is 0.313 e. The Morgan fingerprint density at radius 2 is 1.38 bits per heavy atom. The van der Waals surface area contributed by atoms with E-state index in [1.807, 2.05) is 24.3 Å². The molecule has 8 nitrogen and oxygen atoms in total. The molecule has 1 heterocycles. The molecule has 1 aliphatic rings. The molecule has 2 aromatic carbocycles. The van der Waals surface area contributed by atoms with Crippen LogP contribution in [0, 0.1) is 0 Å². The lowest BCUT2D eigenvalue weighted by atomic mass is 10.2. The van der Waals surface area contributed by atoms with Gasteiger partial charge in [0.2, 0.25) is 5.91 Å². The second-order valence-electron chi connectivity index (χ2n) is 6.69. The molecule has 0 saturated carbocycles. The fraction of sp³-hybridized carbons (Fsp3) is 0.286. The number of carbonyl (C=O) groups excluding carboxylic acids is 3. The number of piperazine rings is 1. The predicted molar refractivity (Wildman–Crippen MR) is 111 cm³/mol. The van der Waals surface area contributed by atoms with Crippen molar-refractivity contribution in [3.63, 3.8) is 0 Å². The summed E-state index contributed by atoms with van der Waals surface area (Å²) >= 11 is 0. The molecule has 2 aromatic rings. The number of nitrogens with one attached hydrogen (secondary N) is 2. The molecule has 8 heteroatoms. The third-order valence-corrected chi connectivity index (χ3v) is 4.66. The second kappa shape index (κ2) is 9.09. The van der Waals surface area contributed by atoms with E-state index in [4.69, 9.17) is 4.74 Å². The molecule has 0 radical (unpaired) electrons. The quantitative estimate of drug-likeness (QED) is 0.771. The van der Waals surface area contributed by atoms with Crippen molar-refractivity contribution in [3.05, 3.63) is 48.5 Å². The molecule has 2 N–H and O–H groups in total. The number of carbonyl (C=O) groups is 3. The minimum Gasteiger partial charge on any atom is -0.497 e. The highest BCUT2D eigenvalue weighted by molar-refractivity contribution is 6.39. The van der Waals surface area contributed by atoms with Crippen LogP contribution >= 0.6 is 0 Å². The van der Waals surface area contributed by atoms with Crippen LogP contribution in [-0.2, 0) is 14.4 Å². The van der Waals surface area contributed by atoms with Gasteiger partial charge in [-0.1, -0.05) is 0 Å². The molecule has 0 spiro atoms. The lowest BCUT2D eigenvalue weighted by molar-refractivity contribution is -0.143. The van der Waals surface area contributed by atoms with Gasteiger partial charge in [-0.2, -0.15) is 0 Å². The normalized spacial score (nSPS) is 13.6. The van der Waals surface area contributed by atoms with Crippen LogP contribution in [0.25, 0.3) is 0 Å². The van der Waals surface area contributed by atoms with Gasteiger partial charge in [-0.25, -0.2) is 0 Å². The van der Waals surface area contributed by atoms with Crippen LogP contribution in [0.1, 0.15) is 6.92 Å². The first-order valence-electron chi connectivity index (χ1n) is 9.33. The van der Waals surface area contributed by atoms with Gasteiger partial charge >= 0.3 is 11.8 Å². The van der Waals surface area contributed by atoms with Crippen molar-refractivity contribution in [2.24, 2.45) is 0 Å². The number of anilines is 3. The Balaban J connectivity index is 1.51. The fourth-order valence-electron chi connectivity index (χ4n) is 3.13. The Labute approximate surface area is 169 Å². The third-order valence-electron chi connectivity index (χ3n) is 4.66. The van der Waals surface area contributed by atoms with Gasteiger partial charge < -0.3 is 25.2 Å². The van der Waals surface area contributed by atoms with Crippen LogP contribution in [0.5, 0.6) is 5.75 Å². The Morgan fingerprint density at radius 1 is 0.828 bits per heavy atom. The van der Waals surface area contributed by atoms with E-state index < -0.39 is 11.8 Å². The van der Waals surface area contributed by atoms with Gasteiger partial charge in [0, 0.05) is 50.2 Å². The summed E-state index contributed by atoms with van der Waals surface area (Å²) in [7, 11) is 1.63. The van der Waals surface area contributed by atoms with Crippen molar-refractivity contribution in [1.29, 1.82) is 0 Å². The molecule has 3 rings (SSSR count). The highest BCUT2D eigenvalue weighted by Gasteiger charge is 2.26. The lowest BCUT2D eigenvalue weighted by Crippen LogP contribution is -2.51. The molecular formula is C21H24N4O4. The number of benzene rings is 2. The topological polar surface area (TPSA) is 91.0 Å². The molecule has 0 unspecified atom stereocenters. The highest BCUT2D eigenvalue weighted by Crippen LogP contribution is 2.20. The standard InChI is InChI=1S/C21H24N4O4/c1-15(26)22-16-3-5-17(6-4-16)23-20(27)21(28)25-13-11-24(12-14-25)18-7-9-19(29-2)10-8-18/h3-10H,11-14H2,1-2H3,(H,22,26)(H,23,27). The number of hydrogen-bond acceptors (Lipinski definition) is 5. The first-order valence-corrected chi connectivity index (χ1v) is 9.33. The number of ether oxygens (including phenoxy) is 1. The number of rotatable bonds is 4. The molecule has 1 aliphatic heterocycles. The molecule has 0 bridgehead atoms. The zero-order valence-electron chi connectivity index (χ0n) is 16.5. The average molecular weight is 396 g/mol. The van der Waals surface area contributed by atoms with Gasteiger partial charge in [0.15, 0.2) is 0 Å². The van der Waals surface area contributed by atoms with Crippen molar-refractivity contribution in [2.45, 2.75) is 6.92 Å². The summed E-state index contributed by atoms with van der Waals surface area (Å²) in [5, 5.41) is 5.25. The van der Waals surface area contributed by atoms with E-state index in [0.717, 1.165) is 11.4 Å². The van der Waals surface area contributed by atoms with E-state index in [0.29, 0.717) is 37.6 Å². The largest absolute Gasteiger partial charge is 0.497 e. The van der Waals surface area contributed by atoms with Gasteiger partial charge in [-0.3, -0.25) is 14.4 Å². The Morgan fingerprint density at radius 3 is 1.90 bits per heavy atom. The maximum atomic E-state index is 12.5. The molecular weight excluding hydrogens is 372 g/mol. The summed E-state index contributed by atoms with van der Waals surface area (Å²) in [6.45, 7) is 3.66. The van der Waals surface area contributed by atoms with E-state index >= 15 is 0 Å². The molecule has 1 saturated heterocycles. The van der Waals surface area contributed by atoms with Crippen molar-refractivity contribution >= 4 is 34.8 Å². The number of amides is 3. The summed E-state index contributed by atoms with van der Waals surface area (Å²) in [6, 6.07) is 14.4.